The summed E-state index contributed by atoms with van der Waals surface area (Å²) in [5, 5.41) is 0. The van der Waals surface area contributed by atoms with E-state index < -0.39 is 0 Å². The molecule has 2 heteroatoms. The fourth-order valence-electron chi connectivity index (χ4n) is 3.26. The van der Waals surface area contributed by atoms with Gasteiger partial charge in [-0.15, -0.1) is 0 Å². The molecule has 1 aliphatic rings. The van der Waals surface area contributed by atoms with Gasteiger partial charge in [-0.1, -0.05) is 18.2 Å². The van der Waals surface area contributed by atoms with Crippen LogP contribution in [-0.4, -0.2) is 0 Å². The van der Waals surface area contributed by atoms with E-state index in [1.807, 2.05) is 13.8 Å². The maximum absolute atomic E-state index is 13.4. The number of hydrogen-bond donors (Lipinski definition) is 1. The molecule has 0 bridgehead atoms. The van der Waals surface area contributed by atoms with E-state index in [-0.39, 0.29) is 11.9 Å². The molecular formula is C17H18FN. The summed E-state index contributed by atoms with van der Waals surface area (Å²) < 4.78 is 13.4. The second kappa shape index (κ2) is 4.46. The first-order valence-corrected chi connectivity index (χ1v) is 6.72. The minimum absolute atomic E-state index is 0.149. The van der Waals surface area contributed by atoms with Gasteiger partial charge in [0.15, 0.2) is 0 Å². The summed E-state index contributed by atoms with van der Waals surface area (Å²) >= 11 is 0. The van der Waals surface area contributed by atoms with Gasteiger partial charge >= 0.3 is 0 Å². The summed E-state index contributed by atoms with van der Waals surface area (Å²) in [7, 11) is 0. The molecule has 1 nitrogen and oxygen atoms in total. The highest BCUT2D eigenvalue weighted by atomic mass is 19.1. The maximum Gasteiger partial charge on any atom is 0.123 e. The molecule has 2 aromatic rings. The zero-order chi connectivity index (χ0) is 13.6. The van der Waals surface area contributed by atoms with E-state index in [0.717, 1.165) is 29.5 Å². The third-order valence-corrected chi connectivity index (χ3v) is 4.08. The van der Waals surface area contributed by atoms with Crippen molar-refractivity contribution in [1.29, 1.82) is 0 Å². The fraction of sp³-hybridized carbons (Fsp3) is 0.294. The van der Waals surface area contributed by atoms with Crippen molar-refractivity contribution in [2.45, 2.75) is 32.7 Å². The minimum atomic E-state index is -0.164. The van der Waals surface area contributed by atoms with Crippen LogP contribution in [-0.2, 0) is 6.42 Å². The Kier molecular flexibility index (Phi) is 2.90. The number of nitrogens with two attached hydrogens (primary N) is 1. The van der Waals surface area contributed by atoms with Crippen molar-refractivity contribution in [3.8, 4) is 11.1 Å². The van der Waals surface area contributed by atoms with Crippen LogP contribution in [0.3, 0.4) is 0 Å². The SMILES string of the molecule is Cc1cc(F)cc(C)c1-c1cccc2c1CCC2N. The topological polar surface area (TPSA) is 26.0 Å². The average Bonchev–Trinajstić information content (AvgIpc) is 2.71. The van der Waals surface area contributed by atoms with Crippen molar-refractivity contribution in [3.63, 3.8) is 0 Å². The van der Waals surface area contributed by atoms with E-state index in [9.17, 15) is 4.39 Å². The molecule has 0 aromatic heterocycles. The quantitative estimate of drug-likeness (QED) is 0.817. The molecule has 98 valence electrons. The normalized spacial score (nSPS) is 17.6. The van der Waals surface area contributed by atoms with Gasteiger partial charge in [0, 0.05) is 6.04 Å². The standard InChI is InChI=1S/C17H18FN/c1-10-8-12(18)9-11(2)17(10)15-5-3-4-14-13(15)6-7-16(14)19/h3-5,8-9,16H,6-7,19H2,1-2H3. The Hall–Kier alpha value is -1.67. The van der Waals surface area contributed by atoms with E-state index >= 15 is 0 Å². The van der Waals surface area contributed by atoms with Gasteiger partial charge in [-0.3, -0.25) is 0 Å². The van der Waals surface area contributed by atoms with Crippen molar-refractivity contribution >= 4 is 0 Å². The Labute approximate surface area is 113 Å². The van der Waals surface area contributed by atoms with Crippen LogP contribution in [0.5, 0.6) is 0 Å². The molecule has 3 rings (SSSR count). The molecule has 0 spiro atoms. The lowest BCUT2D eigenvalue weighted by molar-refractivity contribution is 0.625. The third kappa shape index (κ3) is 1.96. The molecule has 19 heavy (non-hydrogen) atoms. The number of halogens is 1. The molecule has 0 aliphatic heterocycles. The Morgan fingerprint density at radius 3 is 2.53 bits per heavy atom. The summed E-state index contributed by atoms with van der Waals surface area (Å²) in [5.74, 6) is -0.164. The number of benzene rings is 2. The van der Waals surface area contributed by atoms with Gasteiger partial charge in [0.2, 0.25) is 0 Å². The first-order chi connectivity index (χ1) is 9.08. The molecule has 0 radical (unpaired) electrons. The van der Waals surface area contributed by atoms with Crippen molar-refractivity contribution in [3.05, 3.63) is 58.4 Å². The minimum Gasteiger partial charge on any atom is -0.324 e. The number of rotatable bonds is 1. The van der Waals surface area contributed by atoms with Crippen molar-refractivity contribution in [2.75, 3.05) is 0 Å². The maximum atomic E-state index is 13.4. The Balaban J connectivity index is 2.25. The lowest BCUT2D eigenvalue weighted by atomic mass is 9.90. The number of hydrogen-bond acceptors (Lipinski definition) is 1. The van der Waals surface area contributed by atoms with Crippen LogP contribution in [0, 0.1) is 19.7 Å². The molecule has 0 fully saturated rings. The third-order valence-electron chi connectivity index (χ3n) is 4.08. The second-order valence-corrected chi connectivity index (χ2v) is 5.43. The monoisotopic (exact) mass is 255 g/mol. The van der Waals surface area contributed by atoms with Crippen LogP contribution in [0.1, 0.15) is 34.7 Å². The van der Waals surface area contributed by atoms with Crippen LogP contribution in [0.2, 0.25) is 0 Å². The first kappa shape index (κ1) is 12.4. The van der Waals surface area contributed by atoms with Crippen LogP contribution < -0.4 is 5.73 Å². The molecule has 2 N–H and O–H groups in total. The highest BCUT2D eigenvalue weighted by molar-refractivity contribution is 5.75. The van der Waals surface area contributed by atoms with Gasteiger partial charge in [0.1, 0.15) is 5.82 Å². The van der Waals surface area contributed by atoms with Crippen molar-refractivity contribution in [1.82, 2.24) is 0 Å². The van der Waals surface area contributed by atoms with E-state index in [1.54, 1.807) is 12.1 Å². The highest BCUT2D eigenvalue weighted by Crippen LogP contribution is 2.38. The summed E-state index contributed by atoms with van der Waals surface area (Å²) in [6.07, 6.45) is 2.02. The molecule has 1 atom stereocenters. The van der Waals surface area contributed by atoms with Crippen LogP contribution >= 0.6 is 0 Å². The Morgan fingerprint density at radius 2 is 1.84 bits per heavy atom. The van der Waals surface area contributed by atoms with E-state index in [2.05, 4.69) is 18.2 Å². The van der Waals surface area contributed by atoms with E-state index in [0.29, 0.717) is 0 Å². The van der Waals surface area contributed by atoms with E-state index in [1.165, 1.54) is 16.7 Å². The molecule has 1 unspecified atom stereocenters. The predicted molar refractivity (Wildman–Crippen MR) is 76.6 cm³/mol. The second-order valence-electron chi connectivity index (χ2n) is 5.43. The van der Waals surface area contributed by atoms with E-state index in [4.69, 9.17) is 5.73 Å². The number of fused-ring (bicyclic) bond motifs is 1. The summed E-state index contributed by atoms with van der Waals surface area (Å²) in [6, 6.07) is 9.67. The van der Waals surface area contributed by atoms with Gasteiger partial charge in [0.25, 0.3) is 0 Å². The summed E-state index contributed by atoms with van der Waals surface area (Å²) in [5.41, 5.74) is 13.1. The van der Waals surface area contributed by atoms with Crippen molar-refractivity contribution < 1.29 is 4.39 Å². The summed E-state index contributed by atoms with van der Waals surface area (Å²) in [6.45, 7) is 3.94. The molecule has 0 amide bonds. The summed E-state index contributed by atoms with van der Waals surface area (Å²) in [4.78, 5) is 0. The Morgan fingerprint density at radius 1 is 1.16 bits per heavy atom. The average molecular weight is 255 g/mol. The lowest BCUT2D eigenvalue weighted by Crippen LogP contribution is -2.05. The molecule has 0 heterocycles. The molecule has 1 aliphatic carbocycles. The highest BCUT2D eigenvalue weighted by Gasteiger charge is 2.23. The van der Waals surface area contributed by atoms with Gasteiger partial charge in [0.05, 0.1) is 0 Å². The smallest absolute Gasteiger partial charge is 0.123 e. The molecule has 0 saturated heterocycles. The molecule has 2 aromatic carbocycles. The molecule has 0 saturated carbocycles. The zero-order valence-corrected chi connectivity index (χ0v) is 11.3. The molecular weight excluding hydrogens is 237 g/mol. The fourth-order valence-corrected chi connectivity index (χ4v) is 3.26. The zero-order valence-electron chi connectivity index (χ0n) is 11.3. The van der Waals surface area contributed by atoms with Crippen LogP contribution in [0.15, 0.2) is 30.3 Å². The van der Waals surface area contributed by atoms with Crippen molar-refractivity contribution in [2.24, 2.45) is 5.73 Å². The van der Waals surface area contributed by atoms with Gasteiger partial charge in [-0.25, -0.2) is 4.39 Å². The predicted octanol–water partition coefficient (Wildman–Crippen LogP) is 4.06. The van der Waals surface area contributed by atoms with Gasteiger partial charge in [-0.2, -0.15) is 0 Å². The van der Waals surface area contributed by atoms with Gasteiger partial charge in [-0.05, 0) is 72.2 Å². The number of aryl methyl sites for hydroxylation is 2. The Bertz CT molecular complexity index is 623. The van der Waals surface area contributed by atoms with Gasteiger partial charge < -0.3 is 5.73 Å². The lowest BCUT2D eigenvalue weighted by Gasteiger charge is -2.15. The first-order valence-electron chi connectivity index (χ1n) is 6.72. The largest absolute Gasteiger partial charge is 0.324 e. The van der Waals surface area contributed by atoms with Crippen LogP contribution in [0.25, 0.3) is 11.1 Å². The van der Waals surface area contributed by atoms with Crippen LogP contribution in [0.4, 0.5) is 4.39 Å².